The molecule has 0 N–H and O–H groups in total. The molecule has 2 atom stereocenters. The van der Waals surface area contributed by atoms with Crippen LogP contribution in [0.25, 0.3) is 0 Å². The predicted molar refractivity (Wildman–Crippen MR) is 137 cm³/mol. The van der Waals surface area contributed by atoms with E-state index in [9.17, 15) is 9.59 Å². The first-order valence-electron chi connectivity index (χ1n) is 12.8. The Bertz CT molecular complexity index is 997. The minimum atomic E-state index is -0.156. The minimum absolute atomic E-state index is 0.0259. The van der Waals surface area contributed by atoms with Crippen molar-refractivity contribution >= 4 is 23.4 Å². The third-order valence-corrected chi connectivity index (χ3v) is 7.07. The van der Waals surface area contributed by atoms with E-state index in [1.807, 2.05) is 34.1 Å². The van der Waals surface area contributed by atoms with E-state index in [-0.39, 0.29) is 30.6 Å². The maximum Gasteiger partial charge on any atom is 0.260 e. The van der Waals surface area contributed by atoms with E-state index >= 15 is 0 Å². The number of halogens is 1. The summed E-state index contributed by atoms with van der Waals surface area (Å²) in [5.41, 5.74) is 0.606. The first kappa shape index (κ1) is 25.4. The Morgan fingerprint density at radius 2 is 1.77 bits per heavy atom. The lowest BCUT2D eigenvalue weighted by molar-refractivity contribution is -0.139. The number of para-hydroxylation sites is 1. The van der Waals surface area contributed by atoms with Crippen molar-refractivity contribution in [3.05, 3.63) is 59.1 Å². The van der Waals surface area contributed by atoms with E-state index < -0.39 is 0 Å². The number of fused-ring (bicyclic) bond motifs is 2. The van der Waals surface area contributed by atoms with Crippen LogP contribution in [0.3, 0.4) is 0 Å². The molecule has 2 amide bonds. The predicted octanol–water partition coefficient (Wildman–Crippen LogP) is 5.58. The van der Waals surface area contributed by atoms with E-state index in [1.54, 1.807) is 24.3 Å². The summed E-state index contributed by atoms with van der Waals surface area (Å²) in [5.74, 6) is 1.23. The molecule has 7 heteroatoms. The minimum Gasteiger partial charge on any atom is -0.487 e. The summed E-state index contributed by atoms with van der Waals surface area (Å²) in [5, 5.41) is 0.629. The van der Waals surface area contributed by atoms with Crippen molar-refractivity contribution in [2.24, 2.45) is 0 Å². The number of hydrogen-bond acceptors (Lipinski definition) is 4. The molecule has 188 valence electrons. The van der Waals surface area contributed by atoms with Crippen LogP contribution in [-0.2, 0) is 4.79 Å². The first-order chi connectivity index (χ1) is 17.1. The van der Waals surface area contributed by atoms with Gasteiger partial charge in [0, 0.05) is 24.7 Å². The summed E-state index contributed by atoms with van der Waals surface area (Å²) in [6.07, 6.45) is 6.24. The molecule has 2 aliphatic rings. The molecule has 4 rings (SSSR count). The van der Waals surface area contributed by atoms with Gasteiger partial charge in [-0.05, 0) is 74.9 Å². The van der Waals surface area contributed by atoms with E-state index in [0.29, 0.717) is 41.7 Å². The van der Waals surface area contributed by atoms with Crippen LogP contribution in [0.5, 0.6) is 11.5 Å². The molecule has 1 heterocycles. The smallest absolute Gasteiger partial charge is 0.260 e. The van der Waals surface area contributed by atoms with Crippen molar-refractivity contribution in [1.82, 2.24) is 9.80 Å². The van der Waals surface area contributed by atoms with Gasteiger partial charge in [0.2, 0.25) is 0 Å². The fourth-order valence-electron chi connectivity index (χ4n) is 5.05. The van der Waals surface area contributed by atoms with Crippen molar-refractivity contribution in [2.75, 3.05) is 26.2 Å². The Hall–Kier alpha value is -2.73. The number of ether oxygens (including phenoxy) is 2. The number of amides is 2. The van der Waals surface area contributed by atoms with Gasteiger partial charge in [-0.15, -0.1) is 0 Å². The van der Waals surface area contributed by atoms with Crippen LogP contribution >= 0.6 is 11.6 Å². The zero-order valence-electron chi connectivity index (χ0n) is 20.5. The molecule has 1 aliphatic carbocycles. The Labute approximate surface area is 213 Å². The summed E-state index contributed by atoms with van der Waals surface area (Å²) in [6, 6.07) is 14.5. The highest BCUT2D eigenvalue weighted by Gasteiger charge is 2.35. The largest absolute Gasteiger partial charge is 0.487 e. The van der Waals surface area contributed by atoms with Gasteiger partial charge in [-0.25, -0.2) is 0 Å². The molecule has 35 heavy (non-hydrogen) atoms. The van der Waals surface area contributed by atoms with Gasteiger partial charge in [0.1, 0.15) is 17.6 Å². The molecule has 0 radical (unpaired) electrons. The summed E-state index contributed by atoms with van der Waals surface area (Å²) in [4.78, 5) is 30.7. The van der Waals surface area contributed by atoms with E-state index in [2.05, 4.69) is 6.92 Å². The molecule has 2 aromatic carbocycles. The van der Waals surface area contributed by atoms with Crippen LogP contribution in [-0.4, -0.2) is 60.0 Å². The molecule has 1 aliphatic heterocycles. The molecule has 0 spiro atoms. The SMILES string of the molecule is CCCN1CCCCN(C(=O)COc2ccc(Cl)cc2)[C@@H]2CCCC[C@@H]2Oc2ccccc2C1=O. The number of rotatable bonds is 5. The third-order valence-electron chi connectivity index (χ3n) is 6.82. The Morgan fingerprint density at radius 3 is 2.57 bits per heavy atom. The normalized spacial score (nSPS) is 21.1. The maximum atomic E-state index is 13.4. The fourth-order valence-corrected chi connectivity index (χ4v) is 5.18. The topological polar surface area (TPSA) is 59.1 Å². The van der Waals surface area contributed by atoms with Crippen molar-refractivity contribution in [3.8, 4) is 11.5 Å². The van der Waals surface area contributed by atoms with E-state index in [4.69, 9.17) is 21.1 Å². The molecular weight excluding hydrogens is 464 g/mol. The monoisotopic (exact) mass is 498 g/mol. The highest BCUT2D eigenvalue weighted by Crippen LogP contribution is 2.31. The van der Waals surface area contributed by atoms with E-state index in [0.717, 1.165) is 44.9 Å². The van der Waals surface area contributed by atoms with Crippen LogP contribution in [0.4, 0.5) is 0 Å². The van der Waals surface area contributed by atoms with Crippen molar-refractivity contribution in [3.63, 3.8) is 0 Å². The van der Waals surface area contributed by atoms with Gasteiger partial charge in [-0.2, -0.15) is 0 Å². The quantitative estimate of drug-likeness (QED) is 0.539. The summed E-state index contributed by atoms with van der Waals surface area (Å²) < 4.78 is 12.3. The Balaban J connectivity index is 1.57. The second-order valence-corrected chi connectivity index (χ2v) is 9.77. The molecule has 6 nitrogen and oxygen atoms in total. The molecule has 1 saturated carbocycles. The van der Waals surface area contributed by atoms with Gasteiger partial charge in [0.15, 0.2) is 6.61 Å². The zero-order valence-corrected chi connectivity index (χ0v) is 21.2. The van der Waals surface area contributed by atoms with Crippen LogP contribution in [0, 0.1) is 0 Å². The first-order valence-corrected chi connectivity index (χ1v) is 13.2. The molecule has 2 aromatic rings. The third kappa shape index (κ3) is 6.49. The van der Waals surface area contributed by atoms with Crippen LogP contribution in [0.15, 0.2) is 48.5 Å². The average molecular weight is 499 g/mol. The van der Waals surface area contributed by atoms with Gasteiger partial charge >= 0.3 is 0 Å². The number of hydrogen-bond donors (Lipinski definition) is 0. The zero-order chi connectivity index (χ0) is 24.6. The molecular formula is C28H35ClN2O4. The van der Waals surface area contributed by atoms with Gasteiger partial charge in [-0.3, -0.25) is 9.59 Å². The molecule has 1 fully saturated rings. The lowest BCUT2D eigenvalue weighted by Crippen LogP contribution is -2.52. The highest BCUT2D eigenvalue weighted by molar-refractivity contribution is 6.30. The molecule has 0 unspecified atom stereocenters. The van der Waals surface area contributed by atoms with Crippen LogP contribution in [0.2, 0.25) is 5.02 Å². The van der Waals surface area contributed by atoms with Crippen molar-refractivity contribution < 1.29 is 19.1 Å². The number of carbonyl (C=O) groups excluding carboxylic acids is 2. The van der Waals surface area contributed by atoms with Gasteiger partial charge < -0.3 is 19.3 Å². The van der Waals surface area contributed by atoms with Crippen molar-refractivity contribution in [2.45, 2.75) is 64.0 Å². The summed E-state index contributed by atoms with van der Waals surface area (Å²) in [6.45, 7) is 4.06. The van der Waals surface area contributed by atoms with Gasteiger partial charge in [0.25, 0.3) is 11.8 Å². The Morgan fingerprint density at radius 1 is 1.03 bits per heavy atom. The Kier molecular flexibility index (Phi) is 8.91. The lowest BCUT2D eigenvalue weighted by Gasteiger charge is -2.40. The van der Waals surface area contributed by atoms with Crippen LogP contribution in [0.1, 0.15) is 62.2 Å². The molecule has 0 bridgehead atoms. The number of carbonyl (C=O) groups is 2. The molecule has 0 aromatic heterocycles. The highest BCUT2D eigenvalue weighted by atomic mass is 35.5. The second-order valence-electron chi connectivity index (χ2n) is 9.33. The van der Waals surface area contributed by atoms with Crippen molar-refractivity contribution in [1.29, 1.82) is 0 Å². The average Bonchev–Trinajstić information content (AvgIpc) is 2.87. The lowest BCUT2D eigenvalue weighted by atomic mass is 9.90. The summed E-state index contributed by atoms with van der Waals surface area (Å²) >= 11 is 5.97. The van der Waals surface area contributed by atoms with Gasteiger partial charge in [-0.1, -0.05) is 37.1 Å². The number of benzene rings is 2. The maximum absolute atomic E-state index is 13.4. The summed E-state index contributed by atoms with van der Waals surface area (Å²) in [7, 11) is 0. The fraction of sp³-hybridized carbons (Fsp3) is 0.500. The number of nitrogens with zero attached hydrogens (tertiary/aromatic N) is 2. The van der Waals surface area contributed by atoms with Crippen LogP contribution < -0.4 is 9.47 Å². The molecule has 0 saturated heterocycles. The standard InChI is InChI=1S/C28H35ClN2O4/c1-2-17-30-18-7-8-19-31(27(32)20-34-22-15-13-21(29)14-16-22)24-10-4-6-12-26(24)35-25-11-5-3-9-23(25)28(30)33/h3,5,9,11,13-16,24,26H,2,4,6-8,10,12,17-20H2,1H3/t24-,26+/m1/s1. The van der Waals surface area contributed by atoms with Gasteiger partial charge in [0.05, 0.1) is 11.6 Å². The van der Waals surface area contributed by atoms with E-state index in [1.165, 1.54) is 0 Å². The second kappa shape index (κ2) is 12.3.